The van der Waals surface area contributed by atoms with Gasteiger partial charge in [0.15, 0.2) is 5.82 Å². The van der Waals surface area contributed by atoms with E-state index in [-0.39, 0.29) is 5.91 Å². The zero-order valence-corrected chi connectivity index (χ0v) is 9.82. The number of hydrogen-bond donors (Lipinski definition) is 0. The van der Waals surface area contributed by atoms with Crippen LogP contribution in [-0.2, 0) is 17.9 Å². The van der Waals surface area contributed by atoms with Crippen molar-refractivity contribution >= 4 is 5.91 Å². The SMILES string of the molecule is CC.CC(=O)N1CCn2c(C)nnc2C1. The van der Waals surface area contributed by atoms with Gasteiger partial charge in [-0.3, -0.25) is 4.79 Å². The highest BCUT2D eigenvalue weighted by molar-refractivity contribution is 5.73. The maximum Gasteiger partial charge on any atom is 0.219 e. The number of amides is 1. The van der Waals surface area contributed by atoms with Crippen molar-refractivity contribution in [3.8, 4) is 0 Å². The first-order chi connectivity index (χ1) is 7.18. The van der Waals surface area contributed by atoms with E-state index in [0.717, 1.165) is 24.7 Å². The van der Waals surface area contributed by atoms with Crippen molar-refractivity contribution in [3.63, 3.8) is 0 Å². The average molecular weight is 210 g/mol. The number of rotatable bonds is 0. The lowest BCUT2D eigenvalue weighted by Gasteiger charge is -2.26. The van der Waals surface area contributed by atoms with Gasteiger partial charge < -0.3 is 9.47 Å². The summed E-state index contributed by atoms with van der Waals surface area (Å²) in [6, 6.07) is 0. The normalized spacial score (nSPS) is 14.0. The fourth-order valence-electron chi connectivity index (χ4n) is 1.57. The van der Waals surface area contributed by atoms with Gasteiger partial charge in [-0.1, -0.05) is 13.8 Å². The van der Waals surface area contributed by atoms with E-state index in [4.69, 9.17) is 0 Å². The molecule has 2 rings (SSSR count). The van der Waals surface area contributed by atoms with Gasteiger partial charge in [0, 0.05) is 20.0 Å². The summed E-state index contributed by atoms with van der Waals surface area (Å²) in [5.74, 6) is 1.92. The molecule has 1 aromatic rings. The maximum absolute atomic E-state index is 11.1. The Hall–Kier alpha value is -1.39. The quantitative estimate of drug-likeness (QED) is 0.641. The summed E-state index contributed by atoms with van der Waals surface area (Å²) in [6.45, 7) is 9.68. The lowest BCUT2D eigenvalue weighted by atomic mass is 10.3. The molecule has 1 amide bonds. The van der Waals surface area contributed by atoms with Gasteiger partial charge in [-0.25, -0.2) is 0 Å². The highest BCUT2D eigenvalue weighted by atomic mass is 16.2. The minimum absolute atomic E-state index is 0.104. The second-order valence-corrected chi connectivity index (χ2v) is 3.26. The van der Waals surface area contributed by atoms with E-state index in [0.29, 0.717) is 6.54 Å². The monoisotopic (exact) mass is 210 g/mol. The molecule has 0 atom stereocenters. The molecule has 0 unspecified atom stereocenters. The number of aromatic nitrogens is 3. The van der Waals surface area contributed by atoms with E-state index in [1.165, 1.54) is 0 Å². The topological polar surface area (TPSA) is 51.0 Å². The molecule has 0 spiro atoms. The molecule has 0 aliphatic carbocycles. The predicted octanol–water partition coefficient (Wildman–Crippen LogP) is 0.975. The number of hydrogen-bond acceptors (Lipinski definition) is 3. The Morgan fingerprint density at radius 3 is 2.53 bits per heavy atom. The summed E-state index contributed by atoms with van der Waals surface area (Å²) in [7, 11) is 0. The van der Waals surface area contributed by atoms with Crippen LogP contribution in [0.1, 0.15) is 32.4 Å². The van der Waals surface area contributed by atoms with Crippen LogP contribution in [0, 0.1) is 6.92 Å². The third kappa shape index (κ3) is 2.34. The third-order valence-electron chi connectivity index (χ3n) is 2.38. The minimum atomic E-state index is 0.104. The molecule has 1 aromatic heterocycles. The lowest BCUT2D eigenvalue weighted by molar-refractivity contribution is -0.130. The van der Waals surface area contributed by atoms with Crippen LogP contribution in [0.15, 0.2) is 0 Å². The van der Waals surface area contributed by atoms with Gasteiger partial charge in [0.05, 0.1) is 6.54 Å². The van der Waals surface area contributed by atoms with Crippen molar-refractivity contribution in [2.75, 3.05) is 6.54 Å². The second kappa shape index (κ2) is 4.91. The van der Waals surface area contributed by atoms with Crippen molar-refractivity contribution in [2.45, 2.75) is 40.8 Å². The van der Waals surface area contributed by atoms with Crippen molar-refractivity contribution in [1.82, 2.24) is 19.7 Å². The molecule has 15 heavy (non-hydrogen) atoms. The Labute approximate surface area is 90.1 Å². The van der Waals surface area contributed by atoms with Crippen LogP contribution >= 0.6 is 0 Å². The molecule has 0 aromatic carbocycles. The fraction of sp³-hybridized carbons (Fsp3) is 0.700. The number of nitrogens with zero attached hydrogens (tertiary/aromatic N) is 4. The smallest absolute Gasteiger partial charge is 0.219 e. The summed E-state index contributed by atoms with van der Waals surface area (Å²) >= 11 is 0. The number of fused-ring (bicyclic) bond motifs is 1. The second-order valence-electron chi connectivity index (χ2n) is 3.26. The van der Waals surface area contributed by atoms with E-state index < -0.39 is 0 Å². The Balaban J connectivity index is 0.000000531. The van der Waals surface area contributed by atoms with Gasteiger partial charge in [0.25, 0.3) is 0 Å². The molecule has 0 radical (unpaired) electrons. The molecule has 2 heterocycles. The van der Waals surface area contributed by atoms with E-state index in [2.05, 4.69) is 14.8 Å². The molecule has 0 bridgehead atoms. The first kappa shape index (κ1) is 11.7. The summed E-state index contributed by atoms with van der Waals surface area (Å²) < 4.78 is 2.06. The van der Waals surface area contributed by atoms with E-state index in [1.54, 1.807) is 11.8 Å². The molecule has 0 saturated carbocycles. The molecule has 84 valence electrons. The molecule has 0 saturated heterocycles. The molecule has 1 aliphatic rings. The van der Waals surface area contributed by atoms with Gasteiger partial charge in [0.1, 0.15) is 5.82 Å². The first-order valence-corrected chi connectivity index (χ1v) is 5.32. The summed E-state index contributed by atoms with van der Waals surface area (Å²) in [5, 5.41) is 7.98. The van der Waals surface area contributed by atoms with Crippen molar-refractivity contribution in [1.29, 1.82) is 0 Å². The molecule has 0 N–H and O–H groups in total. The zero-order valence-electron chi connectivity index (χ0n) is 9.82. The van der Waals surface area contributed by atoms with Crippen molar-refractivity contribution in [3.05, 3.63) is 11.6 Å². The predicted molar refractivity (Wildman–Crippen MR) is 57.2 cm³/mol. The largest absolute Gasteiger partial charge is 0.334 e. The maximum atomic E-state index is 11.1. The van der Waals surface area contributed by atoms with Crippen LogP contribution in [0.3, 0.4) is 0 Å². The molecular formula is C10H18N4O. The minimum Gasteiger partial charge on any atom is -0.334 e. The zero-order chi connectivity index (χ0) is 11.4. The number of carbonyl (C=O) groups is 1. The number of carbonyl (C=O) groups excluding carboxylic acids is 1. The summed E-state index contributed by atoms with van der Waals surface area (Å²) in [5.41, 5.74) is 0. The summed E-state index contributed by atoms with van der Waals surface area (Å²) in [4.78, 5) is 12.9. The van der Waals surface area contributed by atoms with Crippen LogP contribution in [0.25, 0.3) is 0 Å². The van der Waals surface area contributed by atoms with E-state index >= 15 is 0 Å². The molecule has 5 heteroatoms. The van der Waals surface area contributed by atoms with Gasteiger partial charge in [-0.15, -0.1) is 10.2 Å². The first-order valence-electron chi connectivity index (χ1n) is 5.32. The Bertz CT molecular complexity index is 345. The Morgan fingerprint density at radius 2 is 1.93 bits per heavy atom. The fourth-order valence-corrected chi connectivity index (χ4v) is 1.57. The standard InChI is InChI=1S/C8H12N4O.C2H6/c1-6-9-10-8-5-11(7(2)13)3-4-12(6)8;1-2/h3-5H2,1-2H3;1-2H3. The third-order valence-corrected chi connectivity index (χ3v) is 2.38. The van der Waals surface area contributed by atoms with Gasteiger partial charge in [0.2, 0.25) is 5.91 Å². The van der Waals surface area contributed by atoms with Gasteiger partial charge in [-0.2, -0.15) is 0 Å². The van der Waals surface area contributed by atoms with E-state index in [9.17, 15) is 4.79 Å². The Morgan fingerprint density at radius 1 is 1.27 bits per heavy atom. The van der Waals surface area contributed by atoms with Crippen molar-refractivity contribution < 1.29 is 4.79 Å². The molecule has 5 nitrogen and oxygen atoms in total. The van der Waals surface area contributed by atoms with Crippen molar-refractivity contribution in [2.24, 2.45) is 0 Å². The summed E-state index contributed by atoms with van der Waals surface area (Å²) in [6.07, 6.45) is 0. The lowest BCUT2D eigenvalue weighted by Crippen LogP contribution is -2.37. The van der Waals surface area contributed by atoms with Crippen LogP contribution in [0.2, 0.25) is 0 Å². The van der Waals surface area contributed by atoms with Gasteiger partial charge in [-0.05, 0) is 6.92 Å². The van der Waals surface area contributed by atoms with Crippen LogP contribution in [0.5, 0.6) is 0 Å². The van der Waals surface area contributed by atoms with Crippen LogP contribution in [-0.4, -0.2) is 32.1 Å². The van der Waals surface area contributed by atoms with Gasteiger partial charge >= 0.3 is 0 Å². The van der Waals surface area contributed by atoms with Crippen LogP contribution in [0.4, 0.5) is 0 Å². The average Bonchev–Trinajstić information content (AvgIpc) is 2.63. The van der Waals surface area contributed by atoms with E-state index in [1.807, 2.05) is 20.8 Å². The Kier molecular flexibility index (Phi) is 3.82. The highest BCUT2D eigenvalue weighted by Gasteiger charge is 2.20. The number of aryl methyl sites for hydroxylation is 1. The highest BCUT2D eigenvalue weighted by Crippen LogP contribution is 2.11. The van der Waals surface area contributed by atoms with Crippen LogP contribution < -0.4 is 0 Å². The molecular weight excluding hydrogens is 192 g/mol. The molecule has 1 aliphatic heterocycles. The molecule has 0 fully saturated rings.